The Bertz CT molecular complexity index is 636. The van der Waals surface area contributed by atoms with Crippen LogP contribution in [0.15, 0.2) is 30.3 Å². The van der Waals surface area contributed by atoms with Crippen LogP contribution in [-0.2, 0) is 9.59 Å². The standard InChI is InChI=1S/C21H31N3O2/c1-4-23-16-21(10-12-24(13-11-21)19(25)15-22(2)3)14-18(20(23)26)17-8-6-5-7-9-17/h5-9,18H,4,10-16H2,1-3H3/t18-/m0/s1. The smallest absolute Gasteiger partial charge is 0.236 e. The summed E-state index contributed by atoms with van der Waals surface area (Å²) in [6, 6.07) is 10.2. The lowest BCUT2D eigenvalue weighted by Gasteiger charge is -2.49. The van der Waals surface area contributed by atoms with Gasteiger partial charge in [-0.05, 0) is 51.3 Å². The Morgan fingerprint density at radius 1 is 1.19 bits per heavy atom. The van der Waals surface area contributed by atoms with E-state index in [2.05, 4.69) is 19.1 Å². The van der Waals surface area contributed by atoms with Gasteiger partial charge < -0.3 is 14.7 Å². The second-order valence-electron chi connectivity index (χ2n) is 8.14. The molecule has 2 aliphatic heterocycles. The molecule has 1 atom stereocenters. The Labute approximate surface area is 156 Å². The molecule has 2 fully saturated rings. The van der Waals surface area contributed by atoms with Crippen molar-refractivity contribution >= 4 is 11.8 Å². The molecule has 1 aromatic rings. The van der Waals surface area contributed by atoms with Crippen LogP contribution in [0.4, 0.5) is 0 Å². The third-order valence-electron chi connectivity index (χ3n) is 5.99. The Kier molecular flexibility index (Phi) is 5.66. The molecule has 0 radical (unpaired) electrons. The third kappa shape index (κ3) is 3.93. The van der Waals surface area contributed by atoms with E-state index in [0.717, 1.165) is 51.0 Å². The summed E-state index contributed by atoms with van der Waals surface area (Å²) < 4.78 is 0. The topological polar surface area (TPSA) is 43.9 Å². The average Bonchev–Trinajstić information content (AvgIpc) is 2.64. The van der Waals surface area contributed by atoms with E-state index in [-0.39, 0.29) is 23.1 Å². The zero-order chi connectivity index (χ0) is 18.7. The fourth-order valence-electron chi connectivity index (χ4n) is 4.46. The van der Waals surface area contributed by atoms with Crippen LogP contribution in [0.2, 0.25) is 0 Å². The van der Waals surface area contributed by atoms with E-state index < -0.39 is 0 Å². The minimum Gasteiger partial charge on any atom is -0.342 e. The Balaban J connectivity index is 1.74. The van der Waals surface area contributed by atoms with E-state index in [9.17, 15) is 9.59 Å². The minimum absolute atomic E-state index is 0.0473. The first-order valence-corrected chi connectivity index (χ1v) is 9.70. The molecule has 1 aromatic carbocycles. The molecule has 5 nitrogen and oxygen atoms in total. The third-order valence-corrected chi connectivity index (χ3v) is 5.99. The lowest BCUT2D eigenvalue weighted by atomic mass is 9.67. The average molecular weight is 357 g/mol. The number of carbonyl (C=O) groups is 2. The summed E-state index contributed by atoms with van der Waals surface area (Å²) in [4.78, 5) is 31.2. The predicted octanol–water partition coefficient (Wildman–Crippen LogP) is 2.19. The van der Waals surface area contributed by atoms with Crippen molar-refractivity contribution in [3.8, 4) is 0 Å². The van der Waals surface area contributed by atoms with Gasteiger partial charge in [-0.1, -0.05) is 30.3 Å². The molecule has 2 saturated heterocycles. The van der Waals surface area contributed by atoms with Gasteiger partial charge in [0.2, 0.25) is 11.8 Å². The summed E-state index contributed by atoms with van der Waals surface area (Å²) in [7, 11) is 3.86. The molecule has 3 rings (SSSR count). The molecule has 0 N–H and O–H groups in total. The van der Waals surface area contributed by atoms with Crippen molar-refractivity contribution in [2.24, 2.45) is 5.41 Å². The Morgan fingerprint density at radius 2 is 1.85 bits per heavy atom. The van der Waals surface area contributed by atoms with E-state index in [0.29, 0.717) is 6.54 Å². The van der Waals surface area contributed by atoms with Gasteiger partial charge in [0.1, 0.15) is 0 Å². The maximum absolute atomic E-state index is 12.9. The number of carbonyl (C=O) groups excluding carboxylic acids is 2. The summed E-state index contributed by atoms with van der Waals surface area (Å²) in [5.74, 6) is 0.424. The highest BCUT2D eigenvalue weighted by molar-refractivity contribution is 5.85. The zero-order valence-electron chi connectivity index (χ0n) is 16.3. The first kappa shape index (κ1) is 18.9. The van der Waals surface area contributed by atoms with Crippen LogP contribution in [0.5, 0.6) is 0 Å². The minimum atomic E-state index is -0.0473. The lowest BCUT2D eigenvalue weighted by molar-refractivity contribution is -0.144. The number of rotatable bonds is 4. The van der Waals surface area contributed by atoms with Gasteiger partial charge in [-0.15, -0.1) is 0 Å². The molecular formula is C21H31N3O2. The van der Waals surface area contributed by atoms with Crippen LogP contribution in [-0.4, -0.2) is 73.3 Å². The number of benzene rings is 1. The van der Waals surface area contributed by atoms with Crippen LogP contribution in [0.1, 0.15) is 37.7 Å². The van der Waals surface area contributed by atoms with Gasteiger partial charge in [0.05, 0.1) is 12.5 Å². The maximum atomic E-state index is 12.9. The van der Waals surface area contributed by atoms with Gasteiger partial charge in [0.15, 0.2) is 0 Å². The molecule has 142 valence electrons. The number of likely N-dealkylation sites (tertiary alicyclic amines) is 2. The van der Waals surface area contributed by atoms with Gasteiger partial charge in [0.25, 0.3) is 0 Å². The van der Waals surface area contributed by atoms with Gasteiger partial charge in [0, 0.05) is 26.2 Å². The van der Waals surface area contributed by atoms with Gasteiger partial charge >= 0.3 is 0 Å². The summed E-state index contributed by atoms with van der Waals surface area (Å²) in [5.41, 5.74) is 1.26. The van der Waals surface area contributed by atoms with Crippen LogP contribution in [0.25, 0.3) is 0 Å². The van der Waals surface area contributed by atoms with E-state index in [4.69, 9.17) is 0 Å². The van der Waals surface area contributed by atoms with Crippen molar-refractivity contribution in [2.45, 2.75) is 32.1 Å². The second-order valence-corrected chi connectivity index (χ2v) is 8.14. The van der Waals surface area contributed by atoms with Crippen molar-refractivity contribution in [1.29, 1.82) is 0 Å². The summed E-state index contributed by atoms with van der Waals surface area (Å²) in [6.45, 7) is 5.74. The highest BCUT2D eigenvalue weighted by Gasteiger charge is 2.46. The number of hydrogen-bond acceptors (Lipinski definition) is 3. The normalized spacial score (nSPS) is 22.9. The molecule has 2 amide bonds. The molecule has 2 heterocycles. The van der Waals surface area contributed by atoms with Crippen LogP contribution in [0, 0.1) is 5.41 Å². The molecule has 0 saturated carbocycles. The number of nitrogens with zero attached hydrogens (tertiary/aromatic N) is 3. The quantitative estimate of drug-likeness (QED) is 0.830. The summed E-state index contributed by atoms with van der Waals surface area (Å²) >= 11 is 0. The van der Waals surface area contributed by atoms with Crippen molar-refractivity contribution in [1.82, 2.24) is 14.7 Å². The first-order chi connectivity index (χ1) is 12.4. The Morgan fingerprint density at radius 3 is 2.42 bits per heavy atom. The fraction of sp³-hybridized carbons (Fsp3) is 0.619. The molecule has 0 aromatic heterocycles. The number of piperidine rings is 2. The van der Waals surface area contributed by atoms with Gasteiger partial charge in [-0.2, -0.15) is 0 Å². The Hall–Kier alpha value is -1.88. The van der Waals surface area contributed by atoms with Crippen LogP contribution in [0.3, 0.4) is 0 Å². The van der Waals surface area contributed by atoms with E-state index >= 15 is 0 Å². The molecular weight excluding hydrogens is 326 g/mol. The van der Waals surface area contributed by atoms with Crippen LogP contribution >= 0.6 is 0 Å². The molecule has 0 unspecified atom stereocenters. The SMILES string of the molecule is CCN1CC2(CCN(C(=O)CN(C)C)CC2)C[C@@H](c2ccccc2)C1=O. The molecule has 1 spiro atoms. The molecule has 0 aliphatic carbocycles. The van der Waals surface area contributed by atoms with Crippen LogP contribution < -0.4 is 0 Å². The highest BCUT2D eigenvalue weighted by Crippen LogP contribution is 2.45. The molecule has 2 aliphatic rings. The predicted molar refractivity (Wildman–Crippen MR) is 103 cm³/mol. The maximum Gasteiger partial charge on any atom is 0.236 e. The van der Waals surface area contributed by atoms with Gasteiger partial charge in [-0.25, -0.2) is 0 Å². The van der Waals surface area contributed by atoms with Crippen molar-refractivity contribution < 1.29 is 9.59 Å². The second kappa shape index (κ2) is 7.78. The fourth-order valence-corrected chi connectivity index (χ4v) is 4.46. The number of amides is 2. The van der Waals surface area contributed by atoms with Gasteiger partial charge in [-0.3, -0.25) is 9.59 Å². The summed E-state index contributed by atoms with van der Waals surface area (Å²) in [5, 5.41) is 0. The lowest BCUT2D eigenvalue weighted by Crippen LogP contribution is -2.55. The largest absolute Gasteiger partial charge is 0.342 e. The zero-order valence-corrected chi connectivity index (χ0v) is 16.3. The van der Waals surface area contributed by atoms with E-state index in [1.54, 1.807) is 0 Å². The highest BCUT2D eigenvalue weighted by atomic mass is 16.2. The van der Waals surface area contributed by atoms with E-state index in [1.165, 1.54) is 0 Å². The van der Waals surface area contributed by atoms with Crippen molar-refractivity contribution in [2.75, 3.05) is 46.8 Å². The molecule has 0 bridgehead atoms. The molecule has 26 heavy (non-hydrogen) atoms. The monoisotopic (exact) mass is 357 g/mol. The van der Waals surface area contributed by atoms with Crippen molar-refractivity contribution in [3.05, 3.63) is 35.9 Å². The van der Waals surface area contributed by atoms with E-state index in [1.807, 2.05) is 47.0 Å². The summed E-state index contributed by atoms with van der Waals surface area (Å²) in [6.07, 6.45) is 2.88. The van der Waals surface area contributed by atoms with Crippen molar-refractivity contribution in [3.63, 3.8) is 0 Å². The first-order valence-electron chi connectivity index (χ1n) is 9.70. The molecule has 5 heteroatoms. The number of likely N-dealkylation sites (N-methyl/N-ethyl adjacent to an activating group) is 2. The number of hydrogen-bond donors (Lipinski definition) is 0.